The number of para-hydroxylation sites is 1. The number of fused-ring (bicyclic) bond motifs is 6. The number of hydrogen-bond donors (Lipinski definition) is 7. The Balaban J connectivity index is 1.25. The number of benzene rings is 5. The number of rotatable bonds is 16. The van der Waals surface area contributed by atoms with Crippen molar-refractivity contribution in [2.75, 3.05) is 23.3 Å². The van der Waals surface area contributed by atoms with Gasteiger partial charge in [0, 0.05) is 75.8 Å². The molecule has 0 fully saturated rings. The molecular weight excluding hydrogens is 986 g/mol. The number of carbonyl (C=O) groups is 1. The Bertz CT molecular complexity index is 3600. The number of hydrogen-bond acceptors (Lipinski definition) is 12. The van der Waals surface area contributed by atoms with Crippen molar-refractivity contribution in [3.63, 3.8) is 0 Å². The van der Waals surface area contributed by atoms with Crippen LogP contribution < -0.4 is 15.7 Å². The Kier molecular flexibility index (Phi) is 14.1. The third-order valence-electron chi connectivity index (χ3n) is 12.8. The zero-order valence-corrected chi connectivity index (χ0v) is 41.8. The van der Waals surface area contributed by atoms with Crippen LogP contribution in [0.15, 0.2) is 128 Å². The summed E-state index contributed by atoms with van der Waals surface area (Å²) in [6.07, 6.45) is 10.7. The van der Waals surface area contributed by atoms with Gasteiger partial charge in [-0.1, -0.05) is 56.3 Å². The Hall–Kier alpha value is -5.60. The van der Waals surface area contributed by atoms with Gasteiger partial charge in [-0.15, -0.1) is 0 Å². The molecule has 0 aliphatic carbocycles. The second-order valence-corrected chi connectivity index (χ2v) is 23.6. The highest BCUT2D eigenvalue weighted by Gasteiger charge is 2.46. The minimum absolute atomic E-state index is 0.0246. The van der Waals surface area contributed by atoms with Crippen LogP contribution >= 0.6 is 0 Å². The van der Waals surface area contributed by atoms with Gasteiger partial charge in [0.05, 0.1) is 15.2 Å². The third-order valence-corrected chi connectivity index (χ3v) is 16.2. The van der Waals surface area contributed by atoms with E-state index in [-0.39, 0.29) is 45.0 Å². The molecule has 0 aromatic heterocycles. The Labute approximate surface area is 406 Å². The highest BCUT2D eigenvalue weighted by Crippen LogP contribution is 2.52. The van der Waals surface area contributed by atoms with Crippen molar-refractivity contribution in [3.05, 3.63) is 120 Å². The second kappa shape index (κ2) is 18.9. The van der Waals surface area contributed by atoms with Crippen LogP contribution in [-0.2, 0) is 56.1 Å². The Morgan fingerprint density at radius 3 is 1.80 bits per heavy atom. The van der Waals surface area contributed by atoms with Crippen LogP contribution in [0.1, 0.15) is 71.4 Å². The molecule has 370 valence electrons. The molecule has 0 atom stereocenters. The lowest BCUT2D eigenvalue weighted by Gasteiger charge is -2.26. The monoisotopic (exact) mass is 1040 g/mol. The highest BCUT2D eigenvalue weighted by molar-refractivity contribution is 7.87. The zero-order chi connectivity index (χ0) is 51.5. The first-order valence-corrected chi connectivity index (χ1v) is 27.6. The van der Waals surface area contributed by atoms with Gasteiger partial charge in [0.25, 0.3) is 40.5 Å². The molecule has 5 aromatic rings. The van der Waals surface area contributed by atoms with Crippen LogP contribution in [0.4, 0.5) is 17.1 Å². The van der Waals surface area contributed by atoms with Crippen LogP contribution in [-0.4, -0.2) is 98.3 Å². The molecular formula is C47H51BN3O15S4+. The molecule has 0 unspecified atom stereocenters. The molecule has 2 aliphatic rings. The van der Waals surface area contributed by atoms with Gasteiger partial charge in [-0.2, -0.15) is 38.2 Å². The molecule has 7 N–H and O–H groups in total. The standard InChI is InChI=1S/C47H50BN3O15S4/c1-6-50-37-22-20-31-33(25-29(67(55,56)57)27-39(31)69(61,62)63)44(37)46(2,3)41(50)17-9-7-10-18-42-47(4,5)45-34-26-30(68(58,59)60)28-40(70(64,65)66)32(34)21-23-38(45)51(42)24-14-8-11-19-43(52)49-36-16-13-12-15-35(36)48(53)54/h7,9-10,12-13,15-18,20-23,25-28,53-54H,6,8,11,14,19,24H2,1-5H3,(H4-,49,52,55,56,57,58,59,60,61,62,63,64,65,66)/p+1. The van der Waals surface area contributed by atoms with Crippen molar-refractivity contribution in [1.82, 2.24) is 0 Å². The average Bonchev–Trinajstić information content (AvgIpc) is 3.62. The number of likely N-dealkylation sites (N-methyl/N-ethyl adjacent to an activating group) is 1. The molecule has 0 bridgehead atoms. The van der Waals surface area contributed by atoms with Crippen LogP contribution in [0.25, 0.3) is 21.5 Å². The van der Waals surface area contributed by atoms with Crippen LogP contribution in [0, 0.1) is 0 Å². The van der Waals surface area contributed by atoms with Crippen LogP contribution in [0.5, 0.6) is 0 Å². The topological polar surface area (TPSA) is 293 Å². The largest absolute Gasteiger partial charge is 0.490 e. The predicted molar refractivity (Wildman–Crippen MR) is 266 cm³/mol. The SMILES string of the molecule is CCN1/C(=C/C=C/C=C/C2=[N+](CCCCCC(=O)Nc3ccccc3B(O)O)c3ccc4c(S(=O)(=O)O)cc(S(=O)(=O)O)cc4c3C2(C)C)C(C)(C)c2c1ccc1c(S(=O)(=O)O)cc(S(=O)(=O)O)cc21. The third kappa shape index (κ3) is 10.00. The van der Waals surface area contributed by atoms with Gasteiger partial charge in [0.2, 0.25) is 11.6 Å². The number of amides is 1. The number of nitrogens with one attached hydrogen (secondary N) is 1. The highest BCUT2D eigenvalue weighted by atomic mass is 32.2. The lowest BCUT2D eigenvalue weighted by molar-refractivity contribution is -0.438. The summed E-state index contributed by atoms with van der Waals surface area (Å²) in [6.45, 7) is 10.2. The fourth-order valence-corrected chi connectivity index (χ4v) is 12.4. The fourth-order valence-electron chi connectivity index (χ4n) is 9.72. The molecule has 1 amide bonds. The number of anilines is 2. The number of carbonyl (C=O) groups excluding carboxylic acids is 1. The van der Waals surface area contributed by atoms with E-state index in [1.54, 1.807) is 48.6 Å². The minimum Gasteiger partial charge on any atom is -0.423 e. The van der Waals surface area contributed by atoms with Gasteiger partial charge >= 0.3 is 7.12 Å². The van der Waals surface area contributed by atoms with Gasteiger partial charge in [-0.3, -0.25) is 23.0 Å². The summed E-state index contributed by atoms with van der Waals surface area (Å²) in [5, 5.41) is 22.5. The molecule has 2 heterocycles. The summed E-state index contributed by atoms with van der Waals surface area (Å²) in [4.78, 5) is 12.0. The van der Waals surface area contributed by atoms with E-state index < -0.39 is 78.0 Å². The van der Waals surface area contributed by atoms with Crippen molar-refractivity contribution < 1.29 is 71.3 Å². The molecule has 5 aromatic carbocycles. The maximum atomic E-state index is 12.9. The quantitative estimate of drug-likeness (QED) is 0.0195. The molecule has 0 saturated heterocycles. The smallest absolute Gasteiger partial charge is 0.423 e. The molecule has 70 heavy (non-hydrogen) atoms. The van der Waals surface area contributed by atoms with Crippen molar-refractivity contribution in [1.29, 1.82) is 0 Å². The van der Waals surface area contributed by atoms with E-state index in [0.717, 1.165) is 5.70 Å². The lowest BCUT2D eigenvalue weighted by Crippen LogP contribution is -2.33. The van der Waals surface area contributed by atoms with Gasteiger partial charge in [-0.05, 0) is 98.5 Å². The van der Waals surface area contributed by atoms with E-state index >= 15 is 0 Å². The molecule has 0 spiro atoms. The first-order chi connectivity index (χ1) is 32.5. The summed E-state index contributed by atoms with van der Waals surface area (Å²) in [6, 6.07) is 16.3. The molecule has 23 heteroatoms. The van der Waals surface area contributed by atoms with Crippen LogP contribution in [0.3, 0.4) is 0 Å². The Morgan fingerprint density at radius 2 is 1.24 bits per heavy atom. The average molecular weight is 1040 g/mol. The van der Waals surface area contributed by atoms with E-state index in [1.807, 2.05) is 56.2 Å². The predicted octanol–water partition coefficient (Wildman–Crippen LogP) is 6.05. The van der Waals surface area contributed by atoms with E-state index in [1.165, 1.54) is 30.3 Å². The minimum atomic E-state index is -4.99. The first kappa shape index (κ1) is 52.2. The molecule has 2 aliphatic heterocycles. The molecule has 18 nitrogen and oxygen atoms in total. The molecule has 7 rings (SSSR count). The maximum Gasteiger partial charge on any atom is 0.490 e. The van der Waals surface area contributed by atoms with Crippen molar-refractivity contribution >= 4 is 103 Å². The van der Waals surface area contributed by atoms with E-state index in [9.17, 15) is 66.7 Å². The first-order valence-electron chi connectivity index (χ1n) is 21.8. The summed E-state index contributed by atoms with van der Waals surface area (Å²) in [5.41, 5.74) is 2.34. The van der Waals surface area contributed by atoms with Crippen molar-refractivity contribution in [2.45, 2.75) is 90.7 Å². The summed E-state index contributed by atoms with van der Waals surface area (Å²) in [7, 11) is -21.5. The van der Waals surface area contributed by atoms with E-state index in [2.05, 4.69) is 5.32 Å². The summed E-state index contributed by atoms with van der Waals surface area (Å²) < 4.78 is 142. The van der Waals surface area contributed by atoms with Gasteiger partial charge in [0.1, 0.15) is 16.3 Å². The van der Waals surface area contributed by atoms with Gasteiger partial charge in [0.15, 0.2) is 5.71 Å². The van der Waals surface area contributed by atoms with Crippen LogP contribution in [0.2, 0.25) is 0 Å². The molecule has 0 saturated carbocycles. The fraction of sp³-hybridized carbons (Fsp3) is 0.277. The van der Waals surface area contributed by atoms with E-state index in [0.29, 0.717) is 72.7 Å². The van der Waals surface area contributed by atoms with Gasteiger partial charge in [-0.25, -0.2) is 0 Å². The summed E-state index contributed by atoms with van der Waals surface area (Å²) in [5.74, 6) is -0.328. The zero-order valence-electron chi connectivity index (χ0n) is 38.5. The van der Waals surface area contributed by atoms with Crippen molar-refractivity contribution in [2.24, 2.45) is 0 Å². The van der Waals surface area contributed by atoms with E-state index in [4.69, 9.17) is 0 Å². The number of nitrogens with zero attached hydrogens (tertiary/aromatic N) is 2. The lowest BCUT2D eigenvalue weighted by atomic mass is 9.79. The van der Waals surface area contributed by atoms with Gasteiger partial charge < -0.3 is 20.3 Å². The normalized spacial score (nSPS) is 16.6. The van der Waals surface area contributed by atoms with Crippen molar-refractivity contribution in [3.8, 4) is 0 Å². The second-order valence-electron chi connectivity index (χ2n) is 18.0. The number of allylic oxidation sites excluding steroid dienone is 6. The molecule has 0 radical (unpaired) electrons. The maximum absolute atomic E-state index is 12.9. The summed E-state index contributed by atoms with van der Waals surface area (Å²) >= 11 is 0. The Morgan fingerprint density at radius 1 is 0.671 bits per heavy atom. The number of unbranched alkanes of at least 4 members (excludes halogenated alkanes) is 2.